The third-order valence-electron chi connectivity index (χ3n) is 4.04. The van der Waals surface area contributed by atoms with E-state index in [0.29, 0.717) is 41.2 Å². The zero-order chi connectivity index (χ0) is 14.1. The van der Waals surface area contributed by atoms with Crippen LogP contribution in [0.15, 0.2) is 12.1 Å². The van der Waals surface area contributed by atoms with Gasteiger partial charge in [0, 0.05) is 11.6 Å². The third kappa shape index (κ3) is 2.57. The molecule has 1 aliphatic carbocycles. The first-order valence-electron chi connectivity index (χ1n) is 7.05. The van der Waals surface area contributed by atoms with Crippen LogP contribution in [0.2, 0.25) is 5.02 Å². The number of nitrogens with one attached hydrogen (secondary N) is 1. The van der Waals surface area contributed by atoms with Gasteiger partial charge in [0.25, 0.3) is 5.91 Å². The van der Waals surface area contributed by atoms with Crippen molar-refractivity contribution in [2.75, 3.05) is 13.2 Å². The molecule has 3 rings (SSSR count). The molecule has 2 unspecified atom stereocenters. The maximum Gasteiger partial charge on any atom is 0.251 e. The van der Waals surface area contributed by atoms with E-state index in [1.165, 1.54) is 12.8 Å². The van der Waals surface area contributed by atoms with Crippen LogP contribution in [-0.2, 0) is 0 Å². The Morgan fingerprint density at radius 3 is 2.85 bits per heavy atom. The quantitative estimate of drug-likeness (QED) is 0.912. The predicted molar refractivity (Wildman–Crippen MR) is 76.7 cm³/mol. The van der Waals surface area contributed by atoms with Crippen molar-refractivity contribution in [1.82, 2.24) is 5.32 Å². The molecule has 0 bridgehead atoms. The fourth-order valence-electron chi connectivity index (χ4n) is 2.85. The molecule has 1 heterocycles. The SMILES string of the molecule is CC1CCCC1NC(=O)c1cc(Cl)c2c(c1)OCCO2. The molecular formula is C15H18ClNO3. The van der Waals surface area contributed by atoms with Crippen LogP contribution in [0.3, 0.4) is 0 Å². The summed E-state index contributed by atoms with van der Waals surface area (Å²) in [6.45, 7) is 3.14. The van der Waals surface area contributed by atoms with Gasteiger partial charge in [0.1, 0.15) is 13.2 Å². The summed E-state index contributed by atoms with van der Waals surface area (Å²) in [5.74, 6) is 1.52. The normalized spacial score (nSPS) is 24.5. The summed E-state index contributed by atoms with van der Waals surface area (Å²) in [5.41, 5.74) is 0.526. The molecule has 5 heteroatoms. The lowest BCUT2D eigenvalue weighted by atomic mass is 10.1. The van der Waals surface area contributed by atoms with Gasteiger partial charge < -0.3 is 14.8 Å². The largest absolute Gasteiger partial charge is 0.486 e. The van der Waals surface area contributed by atoms with E-state index >= 15 is 0 Å². The van der Waals surface area contributed by atoms with Gasteiger partial charge in [-0.2, -0.15) is 0 Å². The van der Waals surface area contributed by atoms with Gasteiger partial charge in [0.05, 0.1) is 5.02 Å². The van der Waals surface area contributed by atoms with Crippen LogP contribution in [-0.4, -0.2) is 25.2 Å². The van der Waals surface area contributed by atoms with Crippen molar-refractivity contribution >= 4 is 17.5 Å². The molecular weight excluding hydrogens is 278 g/mol. The first kappa shape index (κ1) is 13.6. The molecule has 2 aliphatic rings. The number of halogens is 1. The van der Waals surface area contributed by atoms with Crippen molar-refractivity contribution in [3.05, 3.63) is 22.7 Å². The van der Waals surface area contributed by atoms with Crippen molar-refractivity contribution in [3.63, 3.8) is 0 Å². The average molecular weight is 296 g/mol. The molecule has 1 aliphatic heterocycles. The summed E-state index contributed by atoms with van der Waals surface area (Å²) in [6.07, 6.45) is 3.39. The van der Waals surface area contributed by atoms with Crippen LogP contribution >= 0.6 is 11.6 Å². The Morgan fingerprint density at radius 2 is 2.10 bits per heavy atom. The minimum atomic E-state index is -0.0948. The Balaban J connectivity index is 1.79. The van der Waals surface area contributed by atoms with Crippen LogP contribution in [0.4, 0.5) is 0 Å². The Kier molecular flexibility index (Phi) is 3.74. The van der Waals surface area contributed by atoms with E-state index < -0.39 is 0 Å². The standard InChI is InChI=1S/C15H18ClNO3/c1-9-3-2-4-12(9)17-15(18)10-7-11(16)14-13(8-10)19-5-6-20-14/h7-9,12H,2-6H2,1H3,(H,17,18). The van der Waals surface area contributed by atoms with Crippen LogP contribution in [0, 0.1) is 5.92 Å². The Labute approximate surface area is 123 Å². The second kappa shape index (κ2) is 5.52. The molecule has 1 aromatic rings. The van der Waals surface area contributed by atoms with Crippen LogP contribution in [0.5, 0.6) is 11.5 Å². The summed E-state index contributed by atoms with van der Waals surface area (Å²) >= 11 is 6.15. The van der Waals surface area contributed by atoms with Crippen molar-refractivity contribution < 1.29 is 14.3 Å². The highest BCUT2D eigenvalue weighted by atomic mass is 35.5. The van der Waals surface area contributed by atoms with Gasteiger partial charge in [0.15, 0.2) is 11.5 Å². The van der Waals surface area contributed by atoms with E-state index in [1.54, 1.807) is 12.1 Å². The lowest BCUT2D eigenvalue weighted by Gasteiger charge is -2.21. The molecule has 4 nitrogen and oxygen atoms in total. The minimum Gasteiger partial charge on any atom is -0.486 e. The number of rotatable bonds is 2. The van der Waals surface area contributed by atoms with Crippen molar-refractivity contribution in [2.24, 2.45) is 5.92 Å². The molecule has 0 saturated heterocycles. The van der Waals surface area contributed by atoms with Gasteiger partial charge >= 0.3 is 0 Å². The summed E-state index contributed by atoms with van der Waals surface area (Å²) in [4.78, 5) is 12.3. The summed E-state index contributed by atoms with van der Waals surface area (Å²) < 4.78 is 10.9. The van der Waals surface area contributed by atoms with Gasteiger partial charge in [-0.15, -0.1) is 0 Å². The van der Waals surface area contributed by atoms with Gasteiger partial charge in [-0.1, -0.05) is 24.9 Å². The second-order valence-electron chi connectivity index (χ2n) is 5.47. The van der Waals surface area contributed by atoms with Crippen molar-refractivity contribution in [3.8, 4) is 11.5 Å². The summed E-state index contributed by atoms with van der Waals surface area (Å²) in [5, 5.41) is 3.51. The molecule has 108 valence electrons. The minimum absolute atomic E-state index is 0.0948. The van der Waals surface area contributed by atoms with Crippen LogP contribution in [0.25, 0.3) is 0 Å². The maximum atomic E-state index is 12.3. The van der Waals surface area contributed by atoms with Crippen LogP contribution < -0.4 is 14.8 Å². The molecule has 20 heavy (non-hydrogen) atoms. The Bertz CT molecular complexity index is 532. The number of ether oxygens (including phenoxy) is 2. The predicted octanol–water partition coefficient (Wildman–Crippen LogP) is 3.03. The number of fused-ring (bicyclic) bond motifs is 1. The third-order valence-corrected chi connectivity index (χ3v) is 4.32. The van der Waals surface area contributed by atoms with E-state index in [0.717, 1.165) is 6.42 Å². The molecule has 1 saturated carbocycles. The maximum absolute atomic E-state index is 12.3. The number of benzene rings is 1. The second-order valence-corrected chi connectivity index (χ2v) is 5.88. The number of hydrogen-bond donors (Lipinski definition) is 1. The Morgan fingerprint density at radius 1 is 1.30 bits per heavy atom. The topological polar surface area (TPSA) is 47.6 Å². The first-order valence-corrected chi connectivity index (χ1v) is 7.43. The first-order chi connectivity index (χ1) is 9.65. The molecule has 1 amide bonds. The highest BCUT2D eigenvalue weighted by Gasteiger charge is 2.26. The van der Waals surface area contributed by atoms with Gasteiger partial charge in [-0.3, -0.25) is 4.79 Å². The average Bonchev–Trinajstić information content (AvgIpc) is 2.84. The highest BCUT2D eigenvalue weighted by Crippen LogP contribution is 2.38. The van der Waals surface area contributed by atoms with E-state index in [-0.39, 0.29) is 11.9 Å². The number of carbonyl (C=O) groups is 1. The van der Waals surface area contributed by atoms with Gasteiger partial charge in [0.2, 0.25) is 0 Å². The molecule has 1 N–H and O–H groups in total. The van der Waals surface area contributed by atoms with E-state index in [4.69, 9.17) is 21.1 Å². The van der Waals surface area contributed by atoms with E-state index in [1.807, 2.05) is 0 Å². The lowest BCUT2D eigenvalue weighted by Crippen LogP contribution is -2.36. The number of amides is 1. The monoisotopic (exact) mass is 295 g/mol. The summed E-state index contributed by atoms with van der Waals surface area (Å²) in [7, 11) is 0. The van der Waals surface area contributed by atoms with Gasteiger partial charge in [-0.25, -0.2) is 0 Å². The molecule has 1 fully saturated rings. The van der Waals surface area contributed by atoms with Gasteiger partial charge in [-0.05, 0) is 30.9 Å². The molecule has 0 aromatic heterocycles. The molecule has 0 radical (unpaired) electrons. The fraction of sp³-hybridized carbons (Fsp3) is 0.533. The number of carbonyl (C=O) groups excluding carboxylic acids is 1. The highest BCUT2D eigenvalue weighted by molar-refractivity contribution is 6.32. The zero-order valence-electron chi connectivity index (χ0n) is 11.4. The molecule has 2 atom stereocenters. The van der Waals surface area contributed by atoms with Crippen molar-refractivity contribution in [2.45, 2.75) is 32.2 Å². The number of hydrogen-bond acceptors (Lipinski definition) is 3. The zero-order valence-corrected chi connectivity index (χ0v) is 12.2. The molecule has 1 aromatic carbocycles. The smallest absolute Gasteiger partial charge is 0.251 e. The lowest BCUT2D eigenvalue weighted by molar-refractivity contribution is 0.0928. The fourth-order valence-corrected chi connectivity index (χ4v) is 3.12. The van der Waals surface area contributed by atoms with E-state index in [9.17, 15) is 4.79 Å². The summed E-state index contributed by atoms with van der Waals surface area (Å²) in [6, 6.07) is 3.61. The van der Waals surface area contributed by atoms with Crippen molar-refractivity contribution in [1.29, 1.82) is 0 Å². The molecule has 0 spiro atoms. The Hall–Kier alpha value is -1.42. The van der Waals surface area contributed by atoms with Crippen LogP contribution in [0.1, 0.15) is 36.5 Å². The van der Waals surface area contributed by atoms with E-state index in [2.05, 4.69) is 12.2 Å².